The fraction of sp³-hybridized carbons (Fsp3) is 0.471. The van der Waals surface area contributed by atoms with Gasteiger partial charge in [0.25, 0.3) is 0 Å². The van der Waals surface area contributed by atoms with E-state index >= 15 is 0 Å². The maximum Gasteiger partial charge on any atom is 0.408 e. The smallest absolute Gasteiger partial charge is 0.408 e. The van der Waals surface area contributed by atoms with Gasteiger partial charge in [0.2, 0.25) is 5.91 Å². The molecule has 0 spiro atoms. The van der Waals surface area contributed by atoms with Crippen molar-refractivity contribution in [3.63, 3.8) is 0 Å². The first-order valence-electron chi connectivity index (χ1n) is 7.59. The minimum absolute atomic E-state index is 0.184. The van der Waals surface area contributed by atoms with Crippen molar-refractivity contribution in [2.45, 2.75) is 46.3 Å². The summed E-state index contributed by atoms with van der Waals surface area (Å²) < 4.78 is 5.18. The van der Waals surface area contributed by atoms with Crippen LogP contribution in [-0.2, 0) is 9.53 Å². The molecule has 0 aliphatic carbocycles. The Morgan fingerprint density at radius 3 is 2.38 bits per heavy atom. The van der Waals surface area contributed by atoms with Crippen molar-refractivity contribution in [3.8, 4) is 0 Å². The Morgan fingerprint density at radius 2 is 1.88 bits per heavy atom. The Bertz CT molecular complexity index is 624. The van der Waals surface area contributed by atoms with Gasteiger partial charge in [-0.1, -0.05) is 31.5 Å². The maximum absolute atomic E-state index is 12.5. The van der Waals surface area contributed by atoms with Crippen molar-refractivity contribution in [2.75, 3.05) is 5.32 Å². The summed E-state index contributed by atoms with van der Waals surface area (Å²) in [5.74, 6) is -0.641. The second kappa shape index (κ2) is 8.15. The van der Waals surface area contributed by atoms with Gasteiger partial charge in [0.05, 0.1) is 16.3 Å². The lowest BCUT2D eigenvalue weighted by Crippen LogP contribution is -2.48. The average Bonchev–Trinajstić information content (AvgIpc) is 2.42. The number of hydrogen-bond donors (Lipinski definition) is 2. The predicted molar refractivity (Wildman–Crippen MR) is 93.5 cm³/mol. The molecule has 24 heavy (non-hydrogen) atoms. The van der Waals surface area contributed by atoms with Gasteiger partial charge in [-0.15, -0.1) is 0 Å². The fourth-order valence-corrected chi connectivity index (χ4v) is 2.16. The highest BCUT2D eigenvalue weighted by atomic mass is 35.5. The number of carbonyl (C=O) groups excluding carboxylic acids is 3. The third-order valence-electron chi connectivity index (χ3n) is 3.05. The van der Waals surface area contributed by atoms with Gasteiger partial charge in [0.1, 0.15) is 11.6 Å². The largest absolute Gasteiger partial charge is 0.444 e. The molecular formula is C17H23ClN2O4. The lowest BCUT2D eigenvalue weighted by atomic mass is 10.0. The number of ether oxygens (including phenoxy) is 1. The summed E-state index contributed by atoms with van der Waals surface area (Å²) in [7, 11) is 0. The highest BCUT2D eigenvalue weighted by Crippen LogP contribution is 2.23. The van der Waals surface area contributed by atoms with Gasteiger partial charge >= 0.3 is 6.09 Å². The van der Waals surface area contributed by atoms with Crippen LogP contribution in [0.4, 0.5) is 10.5 Å². The molecule has 0 unspecified atom stereocenters. The third-order valence-corrected chi connectivity index (χ3v) is 3.38. The fourth-order valence-electron chi connectivity index (χ4n) is 1.95. The van der Waals surface area contributed by atoms with Crippen LogP contribution in [0.3, 0.4) is 0 Å². The summed E-state index contributed by atoms with van der Waals surface area (Å²) in [6.07, 6.45) is -0.109. The van der Waals surface area contributed by atoms with E-state index in [2.05, 4.69) is 10.6 Å². The molecule has 1 atom stereocenters. The quantitative estimate of drug-likeness (QED) is 0.790. The van der Waals surface area contributed by atoms with Crippen LogP contribution in [0, 0.1) is 5.92 Å². The van der Waals surface area contributed by atoms with Crippen molar-refractivity contribution in [1.82, 2.24) is 5.32 Å². The number of anilines is 1. The van der Waals surface area contributed by atoms with Crippen molar-refractivity contribution in [3.05, 3.63) is 28.8 Å². The highest BCUT2D eigenvalue weighted by Gasteiger charge is 2.27. The number of hydrogen-bond acceptors (Lipinski definition) is 4. The molecule has 2 amide bonds. The molecule has 0 aliphatic rings. The molecule has 0 aromatic heterocycles. The summed E-state index contributed by atoms with van der Waals surface area (Å²) in [4.78, 5) is 35.6. The van der Waals surface area contributed by atoms with Crippen LogP contribution in [0.15, 0.2) is 18.2 Å². The van der Waals surface area contributed by atoms with Gasteiger partial charge in [0.15, 0.2) is 6.29 Å². The minimum atomic E-state index is -0.821. The highest BCUT2D eigenvalue weighted by molar-refractivity contribution is 6.33. The molecule has 1 aromatic rings. The number of alkyl carbamates (subject to hydrolysis) is 1. The van der Waals surface area contributed by atoms with Crippen LogP contribution in [0.2, 0.25) is 5.02 Å². The predicted octanol–water partition coefficient (Wildman–Crippen LogP) is 3.64. The van der Waals surface area contributed by atoms with Gasteiger partial charge in [-0.25, -0.2) is 4.79 Å². The zero-order chi connectivity index (χ0) is 18.5. The molecule has 0 saturated carbocycles. The van der Waals surface area contributed by atoms with Gasteiger partial charge in [0, 0.05) is 0 Å². The zero-order valence-electron chi connectivity index (χ0n) is 14.5. The van der Waals surface area contributed by atoms with Crippen molar-refractivity contribution in [2.24, 2.45) is 5.92 Å². The molecular weight excluding hydrogens is 332 g/mol. The molecule has 0 aliphatic heterocycles. The van der Waals surface area contributed by atoms with E-state index in [0.29, 0.717) is 12.0 Å². The lowest BCUT2D eigenvalue weighted by molar-refractivity contribution is -0.119. The van der Waals surface area contributed by atoms with E-state index in [9.17, 15) is 14.4 Å². The molecule has 7 heteroatoms. The number of carbonyl (C=O) groups is 3. The lowest BCUT2D eigenvalue weighted by Gasteiger charge is -2.25. The van der Waals surface area contributed by atoms with E-state index in [1.165, 1.54) is 0 Å². The van der Waals surface area contributed by atoms with Crippen LogP contribution < -0.4 is 10.6 Å². The number of amides is 2. The first-order chi connectivity index (χ1) is 11.0. The number of halogens is 1. The van der Waals surface area contributed by atoms with E-state index in [1.807, 2.05) is 0 Å². The molecule has 1 aromatic carbocycles. The molecule has 6 nitrogen and oxygen atoms in total. The molecule has 0 fully saturated rings. The number of benzene rings is 1. The Hall–Kier alpha value is -2.08. The Kier molecular flexibility index (Phi) is 6.78. The second-order valence-corrected chi connectivity index (χ2v) is 7.08. The summed E-state index contributed by atoms with van der Waals surface area (Å²) in [6.45, 7) is 8.79. The minimum Gasteiger partial charge on any atom is -0.444 e. The van der Waals surface area contributed by atoms with E-state index in [1.54, 1.807) is 52.8 Å². The number of rotatable bonds is 5. The molecule has 1 rings (SSSR count). The molecule has 0 saturated heterocycles. The SMILES string of the molecule is CC(C)[C@H](NC(=O)OC(C)(C)C)C(=O)Nc1cccc(Cl)c1C=O. The second-order valence-electron chi connectivity index (χ2n) is 6.68. The van der Waals surface area contributed by atoms with Gasteiger partial charge in [-0.3, -0.25) is 9.59 Å². The molecule has 0 radical (unpaired) electrons. The summed E-state index contributed by atoms with van der Waals surface area (Å²) in [5.41, 5.74) is -0.189. The number of aldehydes is 1. The summed E-state index contributed by atoms with van der Waals surface area (Å²) in [5, 5.41) is 5.42. The maximum atomic E-state index is 12.5. The topological polar surface area (TPSA) is 84.5 Å². The van der Waals surface area contributed by atoms with Crippen LogP contribution in [-0.4, -0.2) is 29.9 Å². The zero-order valence-corrected chi connectivity index (χ0v) is 15.2. The van der Waals surface area contributed by atoms with Crippen LogP contribution >= 0.6 is 11.6 Å². The van der Waals surface area contributed by atoms with Gasteiger partial charge < -0.3 is 15.4 Å². The van der Waals surface area contributed by atoms with E-state index in [0.717, 1.165) is 0 Å². The summed E-state index contributed by atoms with van der Waals surface area (Å²) in [6, 6.07) is 3.92. The first-order valence-corrected chi connectivity index (χ1v) is 7.97. The third kappa shape index (κ3) is 5.85. The van der Waals surface area contributed by atoms with E-state index < -0.39 is 23.6 Å². The van der Waals surface area contributed by atoms with E-state index in [4.69, 9.17) is 16.3 Å². The molecule has 0 bridgehead atoms. The normalized spacial score (nSPS) is 12.5. The van der Waals surface area contributed by atoms with E-state index in [-0.39, 0.29) is 16.5 Å². The van der Waals surface area contributed by atoms with Crippen LogP contribution in [0.25, 0.3) is 0 Å². The van der Waals surface area contributed by atoms with Gasteiger partial charge in [-0.2, -0.15) is 0 Å². The molecule has 0 heterocycles. The Labute approximate surface area is 146 Å². The first kappa shape index (κ1) is 20.0. The van der Waals surface area contributed by atoms with Crippen molar-refractivity contribution < 1.29 is 19.1 Å². The molecule has 132 valence electrons. The monoisotopic (exact) mass is 354 g/mol. The van der Waals surface area contributed by atoms with Crippen LogP contribution in [0.5, 0.6) is 0 Å². The Balaban J connectivity index is 2.90. The standard InChI is InChI=1S/C17H23ClN2O4/c1-10(2)14(20-16(23)24-17(3,4)5)15(22)19-13-8-6-7-12(18)11(13)9-21/h6-10,14H,1-5H3,(H,19,22)(H,20,23)/t14-/m0/s1. The van der Waals surface area contributed by atoms with Gasteiger partial charge in [-0.05, 0) is 38.8 Å². The summed E-state index contributed by atoms with van der Waals surface area (Å²) >= 11 is 5.94. The van der Waals surface area contributed by atoms with Crippen molar-refractivity contribution >= 4 is 35.6 Å². The molecule has 2 N–H and O–H groups in total. The van der Waals surface area contributed by atoms with Crippen LogP contribution in [0.1, 0.15) is 45.0 Å². The average molecular weight is 355 g/mol. The number of nitrogens with one attached hydrogen (secondary N) is 2. The van der Waals surface area contributed by atoms with Crippen molar-refractivity contribution in [1.29, 1.82) is 0 Å². The Morgan fingerprint density at radius 1 is 1.25 bits per heavy atom.